The van der Waals surface area contributed by atoms with Crippen LogP contribution in [0.3, 0.4) is 0 Å². The van der Waals surface area contributed by atoms with Gasteiger partial charge < -0.3 is 14.6 Å². The van der Waals surface area contributed by atoms with E-state index in [0.29, 0.717) is 0 Å². The lowest BCUT2D eigenvalue weighted by molar-refractivity contribution is -0.116. The van der Waals surface area contributed by atoms with Gasteiger partial charge in [0.2, 0.25) is 5.91 Å². The van der Waals surface area contributed by atoms with E-state index in [0.717, 1.165) is 39.4 Å². The molecule has 5 heteroatoms. The van der Waals surface area contributed by atoms with Crippen molar-refractivity contribution in [3.63, 3.8) is 0 Å². The van der Waals surface area contributed by atoms with Crippen molar-refractivity contribution >= 4 is 22.6 Å². The number of aryl methyl sites for hydroxylation is 3. The molecule has 3 aromatic carbocycles. The number of fused-ring (bicyclic) bond motifs is 1. The molecule has 30 heavy (non-hydrogen) atoms. The minimum absolute atomic E-state index is 0.0986. The number of amides is 1. The molecule has 0 aliphatic carbocycles. The molecule has 1 N–H and O–H groups in total. The molecule has 0 aliphatic rings. The normalized spacial score (nSPS) is 10.9. The summed E-state index contributed by atoms with van der Waals surface area (Å²) in [6.45, 7) is 6.56. The lowest BCUT2D eigenvalue weighted by Crippen LogP contribution is -2.21. The number of para-hydroxylation sites is 3. The zero-order chi connectivity index (χ0) is 21.1. The van der Waals surface area contributed by atoms with Crippen molar-refractivity contribution in [3.05, 3.63) is 89.2 Å². The highest BCUT2D eigenvalue weighted by atomic mass is 16.5. The number of nitrogens with one attached hydrogen (secondary N) is 1. The second-order valence-corrected chi connectivity index (χ2v) is 7.50. The molecule has 0 saturated carbocycles. The summed E-state index contributed by atoms with van der Waals surface area (Å²) >= 11 is 0. The fraction of sp³-hybridized carbons (Fsp3) is 0.200. The van der Waals surface area contributed by atoms with E-state index in [4.69, 9.17) is 9.72 Å². The first-order valence-electron chi connectivity index (χ1n) is 10.0. The minimum Gasteiger partial charge on any atom is -0.485 e. The van der Waals surface area contributed by atoms with E-state index >= 15 is 0 Å². The topological polar surface area (TPSA) is 56.2 Å². The monoisotopic (exact) mass is 399 g/mol. The number of benzene rings is 3. The van der Waals surface area contributed by atoms with E-state index in [1.807, 2.05) is 85.1 Å². The van der Waals surface area contributed by atoms with Gasteiger partial charge in [-0.2, -0.15) is 0 Å². The highest BCUT2D eigenvalue weighted by Crippen LogP contribution is 2.21. The van der Waals surface area contributed by atoms with Crippen LogP contribution in [-0.4, -0.2) is 15.5 Å². The Labute approximate surface area is 176 Å². The van der Waals surface area contributed by atoms with E-state index in [1.54, 1.807) is 0 Å². The maximum atomic E-state index is 12.8. The largest absolute Gasteiger partial charge is 0.485 e. The number of nitrogens with zero attached hydrogens (tertiary/aromatic N) is 2. The molecule has 4 aromatic rings. The molecule has 0 aliphatic heterocycles. The number of hydrogen-bond donors (Lipinski definition) is 1. The highest BCUT2D eigenvalue weighted by molar-refractivity contribution is 5.91. The molecule has 1 heterocycles. The number of carbonyl (C=O) groups is 1. The minimum atomic E-state index is -0.0986. The molecule has 0 radical (unpaired) electrons. The summed E-state index contributed by atoms with van der Waals surface area (Å²) in [6, 6.07) is 21.6. The van der Waals surface area contributed by atoms with Crippen molar-refractivity contribution in [3.8, 4) is 5.75 Å². The van der Waals surface area contributed by atoms with E-state index in [2.05, 4.69) is 12.2 Å². The summed E-state index contributed by atoms with van der Waals surface area (Å²) in [5, 5.41) is 2.99. The molecule has 1 amide bonds. The van der Waals surface area contributed by atoms with Gasteiger partial charge in [-0.05, 0) is 67.8 Å². The van der Waals surface area contributed by atoms with Gasteiger partial charge in [0.1, 0.15) is 24.7 Å². The quantitative estimate of drug-likeness (QED) is 0.486. The van der Waals surface area contributed by atoms with Gasteiger partial charge in [0.15, 0.2) is 0 Å². The first-order valence-corrected chi connectivity index (χ1v) is 10.0. The van der Waals surface area contributed by atoms with Crippen LogP contribution in [0.15, 0.2) is 66.7 Å². The number of carbonyl (C=O) groups excluding carboxylic acids is 1. The summed E-state index contributed by atoms with van der Waals surface area (Å²) in [6.07, 6.45) is 0. The van der Waals surface area contributed by atoms with Gasteiger partial charge in [-0.15, -0.1) is 0 Å². The predicted molar refractivity (Wildman–Crippen MR) is 120 cm³/mol. The maximum absolute atomic E-state index is 12.8. The van der Waals surface area contributed by atoms with E-state index in [-0.39, 0.29) is 19.1 Å². The summed E-state index contributed by atoms with van der Waals surface area (Å²) in [5.41, 5.74) is 5.96. The standard InChI is InChI=1S/C25H25N3O2/c1-17-12-13-20(14-19(17)3)26-25(29)15-28-22-10-6-5-9-21(22)27-24(28)16-30-23-11-7-4-8-18(23)2/h4-14H,15-16H2,1-3H3,(H,26,29). The summed E-state index contributed by atoms with van der Waals surface area (Å²) < 4.78 is 7.93. The van der Waals surface area contributed by atoms with Crippen molar-refractivity contribution in [2.75, 3.05) is 5.32 Å². The Morgan fingerprint density at radius 1 is 0.933 bits per heavy atom. The van der Waals surface area contributed by atoms with Crippen molar-refractivity contribution < 1.29 is 9.53 Å². The fourth-order valence-corrected chi connectivity index (χ4v) is 3.44. The molecule has 0 fully saturated rings. The van der Waals surface area contributed by atoms with Gasteiger partial charge in [0, 0.05) is 5.69 Å². The summed E-state index contributed by atoms with van der Waals surface area (Å²) in [7, 11) is 0. The van der Waals surface area contributed by atoms with E-state index in [9.17, 15) is 4.79 Å². The Bertz CT molecular complexity index is 1210. The summed E-state index contributed by atoms with van der Waals surface area (Å²) in [5.74, 6) is 1.43. The number of anilines is 1. The number of aromatic nitrogens is 2. The van der Waals surface area contributed by atoms with Crippen LogP contribution in [0.2, 0.25) is 0 Å². The molecule has 4 rings (SSSR count). The molecule has 0 saturated heterocycles. The van der Waals surface area contributed by atoms with Gasteiger partial charge in [-0.3, -0.25) is 4.79 Å². The van der Waals surface area contributed by atoms with Crippen molar-refractivity contribution in [2.24, 2.45) is 0 Å². The third-order valence-electron chi connectivity index (χ3n) is 5.28. The molecule has 152 valence electrons. The average Bonchev–Trinajstić information content (AvgIpc) is 3.07. The lowest BCUT2D eigenvalue weighted by atomic mass is 10.1. The zero-order valence-corrected chi connectivity index (χ0v) is 17.5. The molecular weight excluding hydrogens is 374 g/mol. The molecule has 0 atom stereocenters. The van der Waals surface area contributed by atoms with Gasteiger partial charge >= 0.3 is 0 Å². The summed E-state index contributed by atoms with van der Waals surface area (Å²) in [4.78, 5) is 17.5. The van der Waals surface area contributed by atoms with Crippen LogP contribution in [0.5, 0.6) is 5.75 Å². The maximum Gasteiger partial charge on any atom is 0.244 e. The molecule has 5 nitrogen and oxygen atoms in total. The smallest absolute Gasteiger partial charge is 0.244 e. The second kappa shape index (κ2) is 8.41. The Kier molecular flexibility index (Phi) is 5.53. The Morgan fingerprint density at radius 3 is 2.50 bits per heavy atom. The van der Waals surface area contributed by atoms with Crippen LogP contribution in [-0.2, 0) is 17.9 Å². The highest BCUT2D eigenvalue weighted by Gasteiger charge is 2.15. The number of imidazole rings is 1. The SMILES string of the molecule is Cc1ccc(NC(=O)Cn2c(COc3ccccc3C)nc3ccccc32)cc1C. The van der Waals surface area contributed by atoms with Crippen LogP contribution in [0.25, 0.3) is 11.0 Å². The zero-order valence-electron chi connectivity index (χ0n) is 17.5. The number of hydrogen-bond acceptors (Lipinski definition) is 3. The third-order valence-corrected chi connectivity index (χ3v) is 5.28. The van der Waals surface area contributed by atoms with Gasteiger partial charge in [0.25, 0.3) is 0 Å². The Morgan fingerprint density at radius 2 is 1.70 bits per heavy atom. The third kappa shape index (κ3) is 4.20. The van der Waals surface area contributed by atoms with Crippen LogP contribution in [0, 0.1) is 20.8 Å². The molecule has 1 aromatic heterocycles. The Balaban J connectivity index is 1.57. The molecular formula is C25H25N3O2. The van der Waals surface area contributed by atoms with Gasteiger partial charge in [-0.25, -0.2) is 4.98 Å². The van der Waals surface area contributed by atoms with Crippen LogP contribution >= 0.6 is 0 Å². The van der Waals surface area contributed by atoms with Crippen LogP contribution in [0.4, 0.5) is 5.69 Å². The first kappa shape index (κ1) is 19.7. The van der Waals surface area contributed by atoms with E-state index in [1.165, 1.54) is 5.56 Å². The van der Waals surface area contributed by atoms with E-state index < -0.39 is 0 Å². The Hall–Kier alpha value is -3.60. The van der Waals surface area contributed by atoms with Gasteiger partial charge in [0.05, 0.1) is 11.0 Å². The van der Waals surface area contributed by atoms with Crippen molar-refractivity contribution in [1.82, 2.24) is 9.55 Å². The lowest BCUT2D eigenvalue weighted by Gasteiger charge is -2.12. The first-order chi connectivity index (χ1) is 14.5. The second-order valence-electron chi connectivity index (χ2n) is 7.50. The molecule has 0 spiro atoms. The van der Waals surface area contributed by atoms with Crippen LogP contribution < -0.4 is 10.1 Å². The number of ether oxygens (including phenoxy) is 1. The van der Waals surface area contributed by atoms with Gasteiger partial charge in [-0.1, -0.05) is 36.4 Å². The van der Waals surface area contributed by atoms with Crippen LogP contribution in [0.1, 0.15) is 22.5 Å². The fourth-order valence-electron chi connectivity index (χ4n) is 3.44. The molecule has 0 unspecified atom stereocenters. The average molecular weight is 399 g/mol. The van der Waals surface area contributed by atoms with Crippen molar-refractivity contribution in [2.45, 2.75) is 33.9 Å². The number of rotatable bonds is 6. The molecule has 0 bridgehead atoms. The van der Waals surface area contributed by atoms with Crippen molar-refractivity contribution in [1.29, 1.82) is 0 Å². The predicted octanol–water partition coefficient (Wildman–Crippen LogP) is 5.18.